The molecule has 0 bridgehead atoms. The molecule has 3 N–H and O–H groups in total. The molecule has 0 spiro atoms. The average molecular weight is 294 g/mol. The van der Waals surface area contributed by atoms with Crippen molar-refractivity contribution >= 4 is 15.7 Å². The number of sulfonamides is 1. The van der Waals surface area contributed by atoms with Crippen LogP contribution in [0, 0.1) is 5.82 Å². The van der Waals surface area contributed by atoms with Crippen LogP contribution in [0.3, 0.4) is 0 Å². The predicted molar refractivity (Wildman–Crippen MR) is 77.0 cm³/mol. The first kappa shape index (κ1) is 14.5. The van der Waals surface area contributed by atoms with Gasteiger partial charge < -0.3 is 5.73 Å². The molecule has 0 aliphatic heterocycles. The Labute approximate surface area is 117 Å². The van der Waals surface area contributed by atoms with Crippen molar-refractivity contribution in [2.75, 3.05) is 4.72 Å². The lowest BCUT2D eigenvalue weighted by Gasteiger charge is -2.08. The molecule has 0 atom stereocenters. The van der Waals surface area contributed by atoms with Crippen molar-refractivity contribution in [1.82, 2.24) is 0 Å². The summed E-state index contributed by atoms with van der Waals surface area (Å²) in [5, 5.41) is 0. The zero-order chi connectivity index (χ0) is 14.6. The van der Waals surface area contributed by atoms with Crippen molar-refractivity contribution in [2.24, 2.45) is 5.73 Å². The van der Waals surface area contributed by atoms with Crippen LogP contribution in [0.5, 0.6) is 0 Å². The van der Waals surface area contributed by atoms with Gasteiger partial charge in [-0.05, 0) is 35.4 Å². The van der Waals surface area contributed by atoms with E-state index in [1.165, 1.54) is 24.3 Å². The molecule has 20 heavy (non-hydrogen) atoms. The van der Waals surface area contributed by atoms with Crippen molar-refractivity contribution in [3.05, 3.63) is 65.5 Å². The van der Waals surface area contributed by atoms with Crippen LogP contribution in [0.2, 0.25) is 0 Å². The van der Waals surface area contributed by atoms with Crippen molar-refractivity contribution in [2.45, 2.75) is 12.3 Å². The van der Waals surface area contributed by atoms with Gasteiger partial charge in [0.1, 0.15) is 5.82 Å². The Kier molecular flexibility index (Phi) is 4.36. The first-order valence-corrected chi connectivity index (χ1v) is 7.68. The highest BCUT2D eigenvalue weighted by molar-refractivity contribution is 7.91. The second-order valence-electron chi connectivity index (χ2n) is 4.39. The molecule has 0 saturated heterocycles. The van der Waals surface area contributed by atoms with Gasteiger partial charge in [0.25, 0.3) is 0 Å². The number of nitrogens with one attached hydrogen (secondary N) is 1. The fraction of sp³-hybridized carbons (Fsp3) is 0.143. The van der Waals surface area contributed by atoms with E-state index in [0.29, 0.717) is 17.8 Å². The van der Waals surface area contributed by atoms with Gasteiger partial charge >= 0.3 is 0 Å². The molecule has 2 rings (SSSR count). The third-order valence-corrected chi connectivity index (χ3v) is 3.99. The van der Waals surface area contributed by atoms with Crippen molar-refractivity contribution in [1.29, 1.82) is 0 Å². The summed E-state index contributed by atoms with van der Waals surface area (Å²) in [7, 11) is -3.52. The van der Waals surface area contributed by atoms with Gasteiger partial charge in [0.05, 0.1) is 5.75 Å². The number of halogens is 1. The standard InChI is InChI=1S/C14H15FN2O2S/c15-13-5-7-14(8-6-13)17-20(18,19)10-12-3-1-11(9-16)2-4-12/h1-8,17H,9-10,16H2. The maximum absolute atomic E-state index is 12.8. The summed E-state index contributed by atoms with van der Waals surface area (Å²) in [6.45, 7) is 0.418. The Bertz CT molecular complexity index is 667. The second kappa shape index (κ2) is 6.02. The molecule has 4 nitrogen and oxygen atoms in total. The Morgan fingerprint density at radius 3 is 2.05 bits per heavy atom. The van der Waals surface area contributed by atoms with E-state index in [4.69, 9.17) is 5.73 Å². The first-order valence-electron chi connectivity index (χ1n) is 6.02. The van der Waals surface area contributed by atoms with E-state index in [1.807, 2.05) is 0 Å². The van der Waals surface area contributed by atoms with Crippen LogP contribution in [-0.2, 0) is 22.3 Å². The van der Waals surface area contributed by atoms with Gasteiger partial charge in [0.15, 0.2) is 0 Å². The van der Waals surface area contributed by atoms with Crippen LogP contribution >= 0.6 is 0 Å². The fourth-order valence-corrected chi connectivity index (χ4v) is 2.92. The van der Waals surface area contributed by atoms with Crippen LogP contribution in [-0.4, -0.2) is 8.42 Å². The Balaban J connectivity index is 2.08. The molecule has 0 fully saturated rings. The summed E-state index contributed by atoms with van der Waals surface area (Å²) in [4.78, 5) is 0. The third kappa shape index (κ3) is 4.04. The fourth-order valence-electron chi connectivity index (χ4n) is 1.72. The molecule has 0 aliphatic rings. The summed E-state index contributed by atoms with van der Waals surface area (Å²) in [6.07, 6.45) is 0. The number of anilines is 1. The largest absolute Gasteiger partial charge is 0.326 e. The van der Waals surface area contributed by atoms with Crippen LogP contribution in [0.1, 0.15) is 11.1 Å². The van der Waals surface area contributed by atoms with Gasteiger partial charge in [-0.1, -0.05) is 24.3 Å². The molecule has 2 aromatic carbocycles. The lowest BCUT2D eigenvalue weighted by Crippen LogP contribution is -2.15. The summed E-state index contributed by atoms with van der Waals surface area (Å²) >= 11 is 0. The molecule has 0 aliphatic carbocycles. The Morgan fingerprint density at radius 1 is 0.950 bits per heavy atom. The SMILES string of the molecule is NCc1ccc(CS(=O)(=O)Nc2ccc(F)cc2)cc1. The summed E-state index contributed by atoms with van der Waals surface area (Å²) in [5.74, 6) is -0.555. The number of hydrogen-bond acceptors (Lipinski definition) is 3. The summed E-state index contributed by atoms with van der Waals surface area (Å²) < 4.78 is 39.1. The topological polar surface area (TPSA) is 72.2 Å². The normalized spacial score (nSPS) is 11.3. The van der Waals surface area contributed by atoms with Crippen molar-refractivity contribution < 1.29 is 12.8 Å². The first-order chi connectivity index (χ1) is 9.48. The van der Waals surface area contributed by atoms with E-state index in [-0.39, 0.29) is 5.75 Å². The third-order valence-electron chi connectivity index (χ3n) is 2.73. The zero-order valence-corrected chi connectivity index (χ0v) is 11.5. The van der Waals surface area contributed by atoms with Gasteiger partial charge in [-0.15, -0.1) is 0 Å². The number of nitrogens with two attached hydrogens (primary N) is 1. The van der Waals surface area contributed by atoms with E-state index in [1.54, 1.807) is 24.3 Å². The number of hydrogen-bond donors (Lipinski definition) is 2. The quantitative estimate of drug-likeness (QED) is 0.888. The van der Waals surface area contributed by atoms with Crippen LogP contribution in [0.25, 0.3) is 0 Å². The maximum Gasteiger partial charge on any atom is 0.236 e. The van der Waals surface area contributed by atoms with Crippen molar-refractivity contribution in [3.8, 4) is 0 Å². The molecule has 2 aromatic rings. The van der Waals surface area contributed by atoms with E-state index >= 15 is 0 Å². The highest BCUT2D eigenvalue weighted by atomic mass is 32.2. The number of benzene rings is 2. The highest BCUT2D eigenvalue weighted by Crippen LogP contribution is 2.14. The number of rotatable bonds is 5. The molecular formula is C14H15FN2O2S. The molecule has 0 saturated carbocycles. The smallest absolute Gasteiger partial charge is 0.236 e. The van der Waals surface area contributed by atoms with Gasteiger partial charge in [-0.3, -0.25) is 4.72 Å². The van der Waals surface area contributed by atoms with Crippen LogP contribution in [0.15, 0.2) is 48.5 Å². The lowest BCUT2D eigenvalue weighted by atomic mass is 10.1. The Hall–Kier alpha value is -1.92. The van der Waals surface area contributed by atoms with Crippen LogP contribution < -0.4 is 10.5 Å². The van der Waals surface area contributed by atoms with E-state index in [0.717, 1.165) is 5.56 Å². The minimum Gasteiger partial charge on any atom is -0.326 e. The Morgan fingerprint density at radius 2 is 1.50 bits per heavy atom. The summed E-state index contributed by atoms with van der Waals surface area (Å²) in [6, 6.07) is 12.2. The van der Waals surface area contributed by atoms with Crippen molar-refractivity contribution in [3.63, 3.8) is 0 Å². The minimum absolute atomic E-state index is 0.144. The average Bonchev–Trinajstić information content (AvgIpc) is 2.41. The highest BCUT2D eigenvalue weighted by Gasteiger charge is 2.11. The molecule has 0 unspecified atom stereocenters. The molecule has 6 heteroatoms. The van der Waals surface area contributed by atoms with Gasteiger partial charge in [0.2, 0.25) is 10.0 Å². The molecule has 106 valence electrons. The molecule has 0 heterocycles. The zero-order valence-electron chi connectivity index (χ0n) is 10.7. The second-order valence-corrected chi connectivity index (χ2v) is 6.11. The molecule has 0 aromatic heterocycles. The van der Waals surface area contributed by atoms with E-state index in [2.05, 4.69) is 4.72 Å². The lowest BCUT2D eigenvalue weighted by molar-refractivity contribution is 0.600. The van der Waals surface area contributed by atoms with E-state index < -0.39 is 15.8 Å². The predicted octanol–water partition coefficient (Wildman–Crippen LogP) is 2.23. The van der Waals surface area contributed by atoms with Gasteiger partial charge in [-0.25, -0.2) is 12.8 Å². The molecule has 0 amide bonds. The minimum atomic E-state index is -3.52. The van der Waals surface area contributed by atoms with E-state index in [9.17, 15) is 12.8 Å². The van der Waals surface area contributed by atoms with Gasteiger partial charge in [-0.2, -0.15) is 0 Å². The van der Waals surface area contributed by atoms with Crippen LogP contribution in [0.4, 0.5) is 10.1 Å². The molecule has 0 radical (unpaired) electrons. The monoisotopic (exact) mass is 294 g/mol. The van der Waals surface area contributed by atoms with Gasteiger partial charge in [0, 0.05) is 12.2 Å². The maximum atomic E-state index is 12.8. The molecular weight excluding hydrogens is 279 g/mol. The summed E-state index contributed by atoms with van der Waals surface area (Å²) in [5.41, 5.74) is 7.42.